The molecule has 1 aliphatic heterocycles. The van der Waals surface area contributed by atoms with E-state index in [9.17, 15) is 13.2 Å². The molecule has 0 bridgehead atoms. The lowest BCUT2D eigenvalue weighted by atomic mass is 9.98. The van der Waals surface area contributed by atoms with Crippen LogP contribution in [0, 0.1) is 13.8 Å². The molecule has 11 heteroatoms. The zero-order valence-electron chi connectivity index (χ0n) is 23.0. The van der Waals surface area contributed by atoms with E-state index in [4.69, 9.17) is 16.7 Å². The van der Waals surface area contributed by atoms with Crippen LogP contribution >= 0.6 is 22.9 Å². The van der Waals surface area contributed by atoms with Crippen LogP contribution in [-0.4, -0.2) is 45.6 Å². The van der Waals surface area contributed by atoms with Crippen molar-refractivity contribution in [2.75, 3.05) is 16.8 Å². The second-order valence-corrected chi connectivity index (χ2v) is 14.4. The van der Waals surface area contributed by atoms with Gasteiger partial charge >= 0.3 is 0 Å². The number of benzene rings is 1. The number of nitrogens with zero attached hydrogens (tertiary/aromatic N) is 4. The molecular formula is C31H28ClN5O3S2. The van der Waals surface area contributed by atoms with Crippen LogP contribution in [-0.2, 0) is 16.3 Å². The molecule has 6 rings (SSSR count). The van der Waals surface area contributed by atoms with Crippen LogP contribution in [0.1, 0.15) is 45.3 Å². The third kappa shape index (κ3) is 6.01. The Hall–Kier alpha value is -3.86. The molecule has 5 heterocycles. The number of sulfone groups is 1. The summed E-state index contributed by atoms with van der Waals surface area (Å²) < 4.78 is 27.4. The number of nitrogens with one attached hydrogen (secondary N) is 1. The molecule has 42 heavy (non-hydrogen) atoms. The van der Waals surface area contributed by atoms with E-state index in [-0.39, 0.29) is 23.5 Å². The number of amides is 1. The number of carbonyl (C=O) groups excluding carboxylic acids is 1. The molecule has 0 saturated carbocycles. The summed E-state index contributed by atoms with van der Waals surface area (Å²) >= 11 is 7.80. The highest BCUT2D eigenvalue weighted by Crippen LogP contribution is 2.41. The lowest BCUT2D eigenvalue weighted by molar-refractivity contribution is 0.102. The first-order valence-corrected chi connectivity index (χ1v) is 16.5. The summed E-state index contributed by atoms with van der Waals surface area (Å²) in [6.07, 6.45) is 2.65. The van der Waals surface area contributed by atoms with E-state index in [1.165, 1.54) is 11.3 Å². The summed E-state index contributed by atoms with van der Waals surface area (Å²) in [4.78, 5) is 23.1. The summed E-state index contributed by atoms with van der Waals surface area (Å²) in [6.45, 7) is 3.78. The molecule has 4 aromatic heterocycles. The topological polar surface area (TPSA) is 107 Å². The van der Waals surface area contributed by atoms with Crippen molar-refractivity contribution >= 4 is 44.4 Å². The molecular weight excluding hydrogens is 590 g/mol. The molecule has 1 N–H and O–H groups in total. The molecule has 0 radical (unpaired) electrons. The van der Waals surface area contributed by atoms with E-state index < -0.39 is 9.84 Å². The molecule has 1 fully saturated rings. The Morgan fingerprint density at radius 2 is 1.88 bits per heavy atom. The van der Waals surface area contributed by atoms with Crippen LogP contribution in [0.5, 0.6) is 0 Å². The van der Waals surface area contributed by atoms with Gasteiger partial charge in [0.25, 0.3) is 5.91 Å². The summed E-state index contributed by atoms with van der Waals surface area (Å²) in [7, 11) is -3.16. The molecule has 1 saturated heterocycles. The number of pyridine rings is 2. The quantitative estimate of drug-likeness (QED) is 0.222. The lowest BCUT2D eigenvalue weighted by Gasteiger charge is -2.14. The number of thiophene rings is 1. The van der Waals surface area contributed by atoms with Crippen molar-refractivity contribution in [3.63, 3.8) is 0 Å². The summed E-state index contributed by atoms with van der Waals surface area (Å²) in [6, 6.07) is 20.3. The standard InChI is InChI=1S/C31H28ClN5O3S2/c1-19-14-23(15-20(2)34-19)35-31(38)22-7-5-6-21(16-22)17-25-29(26-8-3-4-12-33-26)36-37(24-11-13-42(39,40)18-24)30(25)27-9-10-28(32)41-27/h3-10,12,14-16,24H,11,13,17-18H2,1-2H3,(H,34,35,38). The van der Waals surface area contributed by atoms with Crippen molar-refractivity contribution in [2.45, 2.75) is 32.7 Å². The van der Waals surface area contributed by atoms with Gasteiger partial charge in [-0.05, 0) is 74.4 Å². The molecule has 0 spiro atoms. The number of aromatic nitrogens is 4. The van der Waals surface area contributed by atoms with Gasteiger partial charge in [0.15, 0.2) is 9.84 Å². The third-order valence-corrected chi connectivity index (χ3v) is 10.2. The Labute approximate surface area is 253 Å². The van der Waals surface area contributed by atoms with Crippen molar-refractivity contribution in [1.82, 2.24) is 19.7 Å². The predicted octanol–water partition coefficient (Wildman–Crippen LogP) is 6.54. The molecule has 8 nitrogen and oxygen atoms in total. The van der Waals surface area contributed by atoms with Gasteiger partial charge in [-0.25, -0.2) is 8.42 Å². The second-order valence-electron chi connectivity index (χ2n) is 10.5. The Kier molecular flexibility index (Phi) is 7.69. The van der Waals surface area contributed by atoms with E-state index in [2.05, 4.69) is 15.3 Å². The van der Waals surface area contributed by atoms with Gasteiger partial charge in [0.2, 0.25) is 0 Å². The van der Waals surface area contributed by atoms with Crippen LogP contribution in [0.3, 0.4) is 0 Å². The van der Waals surface area contributed by atoms with Gasteiger partial charge in [-0.15, -0.1) is 11.3 Å². The zero-order valence-corrected chi connectivity index (χ0v) is 25.4. The minimum atomic E-state index is -3.16. The van der Waals surface area contributed by atoms with Gasteiger partial charge in [0.05, 0.1) is 38.1 Å². The maximum atomic E-state index is 13.2. The fourth-order valence-electron chi connectivity index (χ4n) is 5.42. The fourth-order valence-corrected chi connectivity index (χ4v) is 8.22. The van der Waals surface area contributed by atoms with Crippen molar-refractivity contribution in [1.29, 1.82) is 0 Å². The number of hydrogen-bond acceptors (Lipinski definition) is 7. The Morgan fingerprint density at radius 3 is 2.55 bits per heavy atom. The first kappa shape index (κ1) is 28.3. The highest BCUT2D eigenvalue weighted by Gasteiger charge is 2.34. The van der Waals surface area contributed by atoms with Crippen molar-refractivity contribution in [2.24, 2.45) is 0 Å². The number of carbonyl (C=O) groups is 1. The Bertz CT molecular complexity index is 1880. The highest BCUT2D eigenvalue weighted by molar-refractivity contribution is 7.91. The first-order valence-electron chi connectivity index (χ1n) is 13.5. The monoisotopic (exact) mass is 617 g/mol. The SMILES string of the molecule is Cc1cc(NC(=O)c2cccc(Cc3c(-c4ccccn4)nn(C4CCS(=O)(=O)C4)c3-c3ccc(Cl)s3)c2)cc(C)n1. The van der Waals surface area contributed by atoms with Crippen LogP contribution in [0.4, 0.5) is 5.69 Å². The number of anilines is 1. The molecule has 5 aromatic rings. The van der Waals surface area contributed by atoms with Gasteiger partial charge in [-0.1, -0.05) is 29.8 Å². The highest BCUT2D eigenvalue weighted by atomic mass is 35.5. The van der Waals surface area contributed by atoms with Gasteiger partial charge in [-0.2, -0.15) is 5.10 Å². The minimum absolute atomic E-state index is 0.0332. The average Bonchev–Trinajstić information content (AvgIpc) is 3.64. The van der Waals surface area contributed by atoms with Crippen LogP contribution in [0.2, 0.25) is 4.34 Å². The van der Waals surface area contributed by atoms with Gasteiger partial charge < -0.3 is 5.32 Å². The van der Waals surface area contributed by atoms with Crippen molar-refractivity contribution in [3.05, 3.63) is 105 Å². The molecule has 214 valence electrons. The molecule has 0 aliphatic carbocycles. The normalized spacial score (nSPS) is 16.0. The molecule has 1 amide bonds. The average molecular weight is 618 g/mol. The number of aryl methyl sites for hydroxylation is 2. The number of hydrogen-bond donors (Lipinski definition) is 1. The minimum Gasteiger partial charge on any atom is -0.322 e. The summed E-state index contributed by atoms with van der Waals surface area (Å²) in [5, 5.41) is 7.99. The third-order valence-electron chi connectivity index (χ3n) is 7.19. The summed E-state index contributed by atoms with van der Waals surface area (Å²) in [5.74, 6) is -0.0563. The van der Waals surface area contributed by atoms with Gasteiger partial charge in [0, 0.05) is 40.8 Å². The Balaban J connectivity index is 1.43. The van der Waals surface area contributed by atoms with E-state index >= 15 is 0 Å². The van der Waals surface area contributed by atoms with E-state index in [0.29, 0.717) is 39.8 Å². The lowest BCUT2D eigenvalue weighted by Crippen LogP contribution is -2.14. The first-order chi connectivity index (χ1) is 20.1. The van der Waals surface area contributed by atoms with Crippen molar-refractivity contribution in [3.8, 4) is 22.0 Å². The van der Waals surface area contributed by atoms with E-state index in [0.717, 1.165) is 33.1 Å². The Morgan fingerprint density at radius 1 is 1.07 bits per heavy atom. The molecule has 1 aromatic carbocycles. The van der Waals surface area contributed by atoms with Crippen LogP contribution in [0.25, 0.3) is 22.0 Å². The van der Waals surface area contributed by atoms with Gasteiger partial charge in [-0.3, -0.25) is 19.4 Å². The predicted molar refractivity (Wildman–Crippen MR) is 167 cm³/mol. The summed E-state index contributed by atoms with van der Waals surface area (Å²) in [5.41, 5.74) is 6.87. The fraction of sp³-hybridized carbons (Fsp3) is 0.226. The van der Waals surface area contributed by atoms with E-state index in [1.807, 2.05) is 79.2 Å². The van der Waals surface area contributed by atoms with E-state index in [1.54, 1.807) is 12.3 Å². The maximum absolute atomic E-state index is 13.2. The molecule has 1 unspecified atom stereocenters. The largest absolute Gasteiger partial charge is 0.322 e. The zero-order chi connectivity index (χ0) is 29.4. The van der Waals surface area contributed by atoms with Crippen molar-refractivity contribution < 1.29 is 13.2 Å². The second kappa shape index (κ2) is 11.4. The molecule has 1 atom stereocenters. The number of rotatable bonds is 7. The van der Waals surface area contributed by atoms with Crippen LogP contribution < -0.4 is 5.32 Å². The maximum Gasteiger partial charge on any atom is 0.255 e. The van der Waals surface area contributed by atoms with Gasteiger partial charge in [0.1, 0.15) is 5.69 Å². The number of halogens is 1. The smallest absolute Gasteiger partial charge is 0.255 e. The molecule has 1 aliphatic rings. The van der Waals surface area contributed by atoms with Crippen LogP contribution in [0.15, 0.2) is 72.9 Å².